The van der Waals surface area contributed by atoms with E-state index in [1.165, 1.54) is 16.0 Å². The number of likely N-dealkylation sites (N-methyl/N-ethyl adjacent to an activating group) is 1. The molecular formula is C19H21N3OS. The van der Waals surface area contributed by atoms with E-state index in [2.05, 4.69) is 28.9 Å². The van der Waals surface area contributed by atoms with Gasteiger partial charge in [0, 0.05) is 24.4 Å². The number of benzene rings is 1. The molecule has 0 radical (unpaired) electrons. The molecule has 5 heteroatoms. The van der Waals surface area contributed by atoms with E-state index in [0.29, 0.717) is 0 Å². The van der Waals surface area contributed by atoms with Crippen LogP contribution in [0.25, 0.3) is 10.2 Å². The van der Waals surface area contributed by atoms with Gasteiger partial charge in [-0.3, -0.25) is 9.69 Å². The molecule has 1 N–H and O–H groups in total. The molecule has 0 saturated carbocycles. The number of nitrogens with zero attached hydrogens (tertiary/aromatic N) is 2. The molecule has 1 aliphatic heterocycles. The van der Waals surface area contributed by atoms with Gasteiger partial charge in [0.05, 0.1) is 5.39 Å². The van der Waals surface area contributed by atoms with Crippen LogP contribution in [0.5, 0.6) is 0 Å². The molecule has 3 aromatic rings. The van der Waals surface area contributed by atoms with E-state index >= 15 is 0 Å². The second-order valence-corrected chi connectivity index (χ2v) is 7.38. The minimum atomic E-state index is 0.0329. The van der Waals surface area contributed by atoms with Crippen LogP contribution < -0.4 is 5.56 Å². The second-order valence-electron chi connectivity index (χ2n) is 6.30. The maximum absolute atomic E-state index is 12.6. The lowest BCUT2D eigenvalue weighted by Crippen LogP contribution is -2.29. The van der Waals surface area contributed by atoms with Gasteiger partial charge in [-0.2, -0.15) is 0 Å². The topological polar surface area (TPSA) is 49.0 Å². The van der Waals surface area contributed by atoms with Crippen LogP contribution in [0.4, 0.5) is 0 Å². The fourth-order valence-electron chi connectivity index (χ4n) is 3.39. The smallest absolute Gasteiger partial charge is 0.259 e. The molecule has 0 atom stereocenters. The van der Waals surface area contributed by atoms with Crippen molar-refractivity contribution in [2.75, 3.05) is 13.1 Å². The van der Waals surface area contributed by atoms with Crippen molar-refractivity contribution >= 4 is 21.6 Å². The fourth-order valence-corrected chi connectivity index (χ4v) is 4.68. The number of aromatic amines is 1. The van der Waals surface area contributed by atoms with Crippen molar-refractivity contribution < 1.29 is 0 Å². The molecule has 0 bridgehead atoms. The minimum Gasteiger partial charge on any atom is -0.310 e. The predicted molar refractivity (Wildman–Crippen MR) is 98.7 cm³/mol. The molecule has 0 fully saturated rings. The van der Waals surface area contributed by atoms with Gasteiger partial charge in [-0.1, -0.05) is 37.3 Å². The number of rotatable bonds is 4. The minimum absolute atomic E-state index is 0.0329. The third kappa shape index (κ3) is 2.89. The molecule has 0 saturated heterocycles. The van der Waals surface area contributed by atoms with Gasteiger partial charge in [0.2, 0.25) is 0 Å². The Morgan fingerprint density at radius 3 is 2.88 bits per heavy atom. The highest BCUT2D eigenvalue weighted by Gasteiger charge is 2.22. The van der Waals surface area contributed by atoms with Gasteiger partial charge in [0.15, 0.2) is 0 Å². The number of H-pyrrole nitrogens is 1. The van der Waals surface area contributed by atoms with Crippen molar-refractivity contribution in [1.29, 1.82) is 0 Å². The van der Waals surface area contributed by atoms with E-state index in [4.69, 9.17) is 4.98 Å². The third-order valence-corrected chi connectivity index (χ3v) is 5.89. The Morgan fingerprint density at radius 2 is 2.08 bits per heavy atom. The number of fused-ring (bicyclic) bond motifs is 3. The maximum Gasteiger partial charge on any atom is 0.259 e. The summed E-state index contributed by atoms with van der Waals surface area (Å²) < 4.78 is 0. The van der Waals surface area contributed by atoms with Crippen LogP contribution in [-0.4, -0.2) is 28.0 Å². The van der Waals surface area contributed by atoms with Crippen LogP contribution in [0.3, 0.4) is 0 Å². The Kier molecular flexibility index (Phi) is 4.21. The van der Waals surface area contributed by atoms with E-state index in [-0.39, 0.29) is 5.56 Å². The van der Waals surface area contributed by atoms with Crippen LogP contribution in [0.15, 0.2) is 35.1 Å². The summed E-state index contributed by atoms with van der Waals surface area (Å²) in [6.45, 7) is 5.22. The predicted octanol–water partition coefficient (Wildman–Crippen LogP) is 3.15. The second kappa shape index (κ2) is 6.49. The van der Waals surface area contributed by atoms with Crippen LogP contribution in [0.1, 0.15) is 28.8 Å². The Balaban J connectivity index is 1.64. The first-order valence-electron chi connectivity index (χ1n) is 8.54. The normalized spacial score (nSPS) is 14.9. The van der Waals surface area contributed by atoms with Crippen molar-refractivity contribution in [2.24, 2.45) is 0 Å². The van der Waals surface area contributed by atoms with Crippen molar-refractivity contribution in [2.45, 2.75) is 32.7 Å². The first-order chi connectivity index (χ1) is 11.7. The standard InChI is InChI=1S/C19H21N3OS/c1-2-22-11-10-14-15(12-22)24-19-17(14)18(23)20-16(21-19)9-8-13-6-4-3-5-7-13/h3-7H,2,8-12H2,1H3,(H,20,21,23). The molecule has 2 aromatic heterocycles. The number of hydrogen-bond acceptors (Lipinski definition) is 4. The van der Waals surface area contributed by atoms with Gasteiger partial charge in [-0.25, -0.2) is 4.98 Å². The number of thiophene rings is 1. The highest BCUT2D eigenvalue weighted by molar-refractivity contribution is 7.18. The van der Waals surface area contributed by atoms with E-state index in [9.17, 15) is 4.79 Å². The van der Waals surface area contributed by atoms with Gasteiger partial charge >= 0.3 is 0 Å². The molecular weight excluding hydrogens is 318 g/mol. The van der Waals surface area contributed by atoms with Crippen LogP contribution >= 0.6 is 11.3 Å². The van der Waals surface area contributed by atoms with Gasteiger partial charge in [0.1, 0.15) is 10.7 Å². The van der Waals surface area contributed by atoms with Gasteiger partial charge in [-0.15, -0.1) is 11.3 Å². The Bertz CT molecular complexity index is 914. The molecule has 0 amide bonds. The first-order valence-corrected chi connectivity index (χ1v) is 9.36. The number of aryl methyl sites for hydroxylation is 2. The summed E-state index contributed by atoms with van der Waals surface area (Å²) in [7, 11) is 0. The van der Waals surface area contributed by atoms with Gasteiger partial charge < -0.3 is 4.98 Å². The largest absolute Gasteiger partial charge is 0.310 e. The zero-order valence-corrected chi connectivity index (χ0v) is 14.7. The average Bonchev–Trinajstić information content (AvgIpc) is 2.98. The summed E-state index contributed by atoms with van der Waals surface area (Å²) in [6.07, 6.45) is 2.61. The highest BCUT2D eigenvalue weighted by atomic mass is 32.1. The van der Waals surface area contributed by atoms with Crippen molar-refractivity contribution in [3.05, 3.63) is 62.5 Å². The summed E-state index contributed by atoms with van der Waals surface area (Å²) >= 11 is 1.70. The van der Waals surface area contributed by atoms with Crippen LogP contribution in [-0.2, 0) is 25.8 Å². The lowest BCUT2D eigenvalue weighted by atomic mass is 10.1. The molecule has 0 unspecified atom stereocenters. The zero-order chi connectivity index (χ0) is 16.5. The van der Waals surface area contributed by atoms with E-state index < -0.39 is 0 Å². The molecule has 124 valence electrons. The van der Waals surface area contributed by atoms with E-state index in [0.717, 1.165) is 54.9 Å². The molecule has 0 spiro atoms. The van der Waals surface area contributed by atoms with Crippen molar-refractivity contribution in [1.82, 2.24) is 14.9 Å². The van der Waals surface area contributed by atoms with Crippen LogP contribution in [0.2, 0.25) is 0 Å². The summed E-state index contributed by atoms with van der Waals surface area (Å²) in [5.41, 5.74) is 2.53. The lowest BCUT2D eigenvalue weighted by molar-refractivity contribution is 0.272. The van der Waals surface area contributed by atoms with E-state index in [1.807, 2.05) is 18.2 Å². The number of hydrogen-bond donors (Lipinski definition) is 1. The average molecular weight is 339 g/mol. The highest BCUT2D eigenvalue weighted by Crippen LogP contribution is 2.32. The monoisotopic (exact) mass is 339 g/mol. The molecule has 1 aliphatic rings. The lowest BCUT2D eigenvalue weighted by Gasteiger charge is -2.24. The van der Waals surface area contributed by atoms with E-state index in [1.54, 1.807) is 11.3 Å². The molecule has 24 heavy (non-hydrogen) atoms. The summed E-state index contributed by atoms with van der Waals surface area (Å²) in [5.74, 6) is 0.794. The Morgan fingerprint density at radius 1 is 1.25 bits per heavy atom. The third-order valence-electron chi connectivity index (χ3n) is 4.78. The molecule has 0 aliphatic carbocycles. The van der Waals surface area contributed by atoms with Crippen LogP contribution in [0, 0.1) is 0 Å². The Hall–Kier alpha value is -1.98. The SMILES string of the molecule is CCN1CCc2c(sc3nc(CCc4ccccc4)[nH]c(=O)c23)C1. The fraction of sp³-hybridized carbons (Fsp3) is 0.368. The van der Waals surface area contributed by atoms with Gasteiger partial charge in [-0.05, 0) is 30.5 Å². The van der Waals surface area contributed by atoms with Crippen molar-refractivity contribution in [3.8, 4) is 0 Å². The molecule has 3 heterocycles. The zero-order valence-electron chi connectivity index (χ0n) is 13.8. The summed E-state index contributed by atoms with van der Waals surface area (Å²) in [4.78, 5) is 25.0. The summed E-state index contributed by atoms with van der Waals surface area (Å²) in [6, 6.07) is 10.3. The molecule has 1 aromatic carbocycles. The number of nitrogens with one attached hydrogen (secondary N) is 1. The maximum atomic E-state index is 12.6. The Labute approximate surface area is 145 Å². The first kappa shape index (κ1) is 15.5. The van der Waals surface area contributed by atoms with Crippen molar-refractivity contribution in [3.63, 3.8) is 0 Å². The molecule has 4 rings (SSSR count). The molecule has 4 nitrogen and oxygen atoms in total. The number of aromatic nitrogens is 2. The summed E-state index contributed by atoms with van der Waals surface area (Å²) in [5, 5.41) is 0.828. The quantitative estimate of drug-likeness (QED) is 0.794. The van der Waals surface area contributed by atoms with Gasteiger partial charge in [0.25, 0.3) is 5.56 Å².